The predicted molar refractivity (Wildman–Crippen MR) is 27.7 cm³/mol. The Bertz CT molecular complexity index is 19.7. The predicted octanol–water partition coefficient (Wildman–Crippen LogP) is 2.34. The van der Waals surface area contributed by atoms with Crippen molar-refractivity contribution in [2.24, 2.45) is 0 Å². The van der Waals surface area contributed by atoms with Gasteiger partial charge in [-0.15, -0.1) is 0 Å². The van der Waals surface area contributed by atoms with E-state index in [0.29, 0.717) is 0 Å². The second-order valence-electron chi connectivity index (χ2n) is 2.12. The van der Waals surface area contributed by atoms with Gasteiger partial charge >= 0.3 is 0 Å². The van der Waals surface area contributed by atoms with Crippen molar-refractivity contribution in [2.75, 3.05) is 0 Å². The summed E-state index contributed by atoms with van der Waals surface area (Å²) in [6.45, 7) is 0. The van der Waals surface area contributed by atoms with Gasteiger partial charge < -0.3 is 0 Å². The monoisotopic (exact) mass is 268 g/mol. The molecule has 1 heteroatoms. The first kappa shape index (κ1) is 7.69. The van der Waals surface area contributed by atoms with E-state index in [1.165, 1.54) is 38.5 Å². The Morgan fingerprint density at radius 1 is 0.429 bits per heavy atom. The Labute approximate surface area is 59.9 Å². The van der Waals surface area contributed by atoms with Crippen molar-refractivity contribution in [3.8, 4) is 0 Å². The summed E-state index contributed by atoms with van der Waals surface area (Å²) in [5.41, 5.74) is 0. The maximum absolute atomic E-state index is 1.50. The first-order chi connectivity index (χ1) is 3.00. The van der Waals surface area contributed by atoms with E-state index in [1.54, 1.807) is 0 Å². The summed E-state index contributed by atoms with van der Waals surface area (Å²) in [4.78, 5) is 0. The van der Waals surface area contributed by atoms with Gasteiger partial charge in [0.25, 0.3) is 0 Å². The molecule has 1 rings (SSSR count). The molecule has 1 saturated carbocycles. The summed E-state index contributed by atoms with van der Waals surface area (Å²) in [7, 11) is 0. The zero-order valence-electron chi connectivity index (χ0n) is 4.65. The first-order valence-electron chi connectivity index (χ1n) is 3.00. The smallest absolute Gasteiger partial charge is 0 e. The molecule has 0 radical (unpaired) electrons. The zero-order valence-corrected chi connectivity index (χ0v) is 7.58. The molecule has 42 valence electrons. The molecule has 0 aromatic heterocycles. The van der Waals surface area contributed by atoms with Gasteiger partial charge in [0.05, 0.1) is 0 Å². The van der Waals surface area contributed by atoms with E-state index in [4.69, 9.17) is 0 Å². The molecule has 1 fully saturated rings. The van der Waals surface area contributed by atoms with Crippen LogP contribution in [-0.4, -0.2) is 0 Å². The summed E-state index contributed by atoms with van der Waals surface area (Å²) < 4.78 is 0. The fraction of sp³-hybridized carbons (Fsp3) is 1.00. The molecule has 0 aliphatic heterocycles. The van der Waals surface area contributed by atoms with Gasteiger partial charge in [-0.05, 0) is 0 Å². The van der Waals surface area contributed by atoms with E-state index in [-0.39, 0.29) is 21.1 Å². The quantitative estimate of drug-likeness (QED) is 0.632. The third-order valence-electron chi connectivity index (χ3n) is 1.50. The van der Waals surface area contributed by atoms with Crippen LogP contribution >= 0.6 is 0 Å². The number of hydrogen-bond donors (Lipinski definition) is 0. The topological polar surface area (TPSA) is 0 Å². The van der Waals surface area contributed by atoms with Crippen molar-refractivity contribution < 1.29 is 21.1 Å². The normalized spacial score (nSPS) is 20.6. The van der Waals surface area contributed by atoms with E-state index in [2.05, 4.69) is 0 Å². The van der Waals surface area contributed by atoms with Crippen LogP contribution in [0.4, 0.5) is 0 Å². The Balaban J connectivity index is 0.000000360. The minimum absolute atomic E-state index is 0. The Hall–Kier alpha value is 0.688. The van der Waals surface area contributed by atoms with E-state index < -0.39 is 0 Å². The largest absolute Gasteiger partial charge is 0.0533 e. The third kappa shape index (κ3) is 3.29. The van der Waals surface area contributed by atoms with Gasteiger partial charge in [0, 0.05) is 21.1 Å². The van der Waals surface area contributed by atoms with Crippen LogP contribution in [0.15, 0.2) is 0 Å². The molecule has 0 aromatic rings. The van der Waals surface area contributed by atoms with Gasteiger partial charge in [-0.1, -0.05) is 38.5 Å². The molecule has 0 atom stereocenters. The van der Waals surface area contributed by atoms with E-state index >= 15 is 0 Å². The molecular formula is C6H12W. The fourth-order valence-corrected chi connectivity index (χ4v) is 1.06. The van der Waals surface area contributed by atoms with Crippen LogP contribution in [0.3, 0.4) is 0 Å². The van der Waals surface area contributed by atoms with Gasteiger partial charge in [0.1, 0.15) is 0 Å². The summed E-state index contributed by atoms with van der Waals surface area (Å²) in [5, 5.41) is 0. The molecule has 0 amide bonds. The Morgan fingerprint density at radius 3 is 0.714 bits per heavy atom. The molecule has 0 aromatic carbocycles. The Kier molecular flexibility index (Phi) is 5.31. The first-order valence-corrected chi connectivity index (χ1v) is 3.00. The van der Waals surface area contributed by atoms with Gasteiger partial charge in [0.15, 0.2) is 0 Å². The summed E-state index contributed by atoms with van der Waals surface area (Å²) in [6.07, 6.45) is 9.00. The van der Waals surface area contributed by atoms with Gasteiger partial charge in [0.2, 0.25) is 0 Å². The summed E-state index contributed by atoms with van der Waals surface area (Å²) >= 11 is 0. The van der Waals surface area contributed by atoms with Gasteiger partial charge in [-0.3, -0.25) is 0 Å². The van der Waals surface area contributed by atoms with Crippen LogP contribution in [0.5, 0.6) is 0 Å². The average Bonchev–Trinajstić information content (AvgIpc) is 1.72. The van der Waals surface area contributed by atoms with Gasteiger partial charge in [-0.25, -0.2) is 0 Å². The molecule has 7 heavy (non-hydrogen) atoms. The van der Waals surface area contributed by atoms with Crippen LogP contribution in [0, 0.1) is 0 Å². The second kappa shape index (κ2) is 4.84. The Morgan fingerprint density at radius 2 is 0.571 bits per heavy atom. The van der Waals surface area contributed by atoms with Crippen LogP contribution in [0.25, 0.3) is 0 Å². The number of rotatable bonds is 0. The summed E-state index contributed by atoms with van der Waals surface area (Å²) in [6, 6.07) is 0. The van der Waals surface area contributed by atoms with Crippen molar-refractivity contribution in [2.45, 2.75) is 38.5 Å². The van der Waals surface area contributed by atoms with Crippen LogP contribution in [0.2, 0.25) is 0 Å². The van der Waals surface area contributed by atoms with Crippen molar-refractivity contribution in [1.82, 2.24) is 0 Å². The van der Waals surface area contributed by atoms with Crippen molar-refractivity contribution in [1.29, 1.82) is 0 Å². The average molecular weight is 268 g/mol. The standard InChI is InChI=1S/C6H12.W/c1-2-4-6-5-3-1;/h1-6H2;. The summed E-state index contributed by atoms with van der Waals surface area (Å²) in [5.74, 6) is 0. The fourth-order valence-electron chi connectivity index (χ4n) is 1.06. The molecule has 0 unspecified atom stereocenters. The minimum atomic E-state index is 0. The maximum Gasteiger partial charge on any atom is 0 e. The van der Waals surface area contributed by atoms with E-state index in [9.17, 15) is 0 Å². The molecule has 0 heterocycles. The molecular weight excluding hydrogens is 256 g/mol. The molecule has 0 nitrogen and oxygen atoms in total. The zero-order chi connectivity index (χ0) is 4.24. The second-order valence-corrected chi connectivity index (χ2v) is 2.12. The van der Waals surface area contributed by atoms with Crippen LogP contribution < -0.4 is 0 Å². The third-order valence-corrected chi connectivity index (χ3v) is 1.50. The number of hydrogen-bond acceptors (Lipinski definition) is 0. The molecule has 1 aliphatic rings. The van der Waals surface area contributed by atoms with Crippen LogP contribution in [0.1, 0.15) is 38.5 Å². The molecule has 1 aliphatic carbocycles. The molecule has 0 spiro atoms. The van der Waals surface area contributed by atoms with Gasteiger partial charge in [-0.2, -0.15) is 0 Å². The molecule has 0 N–H and O–H groups in total. The minimum Gasteiger partial charge on any atom is -0.0533 e. The van der Waals surface area contributed by atoms with E-state index in [1.807, 2.05) is 0 Å². The SMILES string of the molecule is C1CCCCC1.[W]. The molecule has 0 bridgehead atoms. The maximum atomic E-state index is 1.50. The van der Waals surface area contributed by atoms with Crippen LogP contribution in [-0.2, 0) is 21.1 Å². The molecule has 0 saturated heterocycles. The van der Waals surface area contributed by atoms with Crippen molar-refractivity contribution in [3.05, 3.63) is 0 Å². The van der Waals surface area contributed by atoms with E-state index in [0.717, 1.165) is 0 Å². The van der Waals surface area contributed by atoms with Crippen molar-refractivity contribution in [3.63, 3.8) is 0 Å². The van der Waals surface area contributed by atoms with Crippen molar-refractivity contribution >= 4 is 0 Å².